The lowest BCUT2D eigenvalue weighted by molar-refractivity contribution is -0.117. The van der Waals surface area contributed by atoms with Crippen LogP contribution in [0.25, 0.3) is 0 Å². The summed E-state index contributed by atoms with van der Waals surface area (Å²) in [6, 6.07) is 7.12. The van der Waals surface area contributed by atoms with Crippen LogP contribution in [0, 0.1) is 5.82 Å². The fourth-order valence-electron chi connectivity index (χ4n) is 3.50. The number of aromatic nitrogens is 2. The van der Waals surface area contributed by atoms with Gasteiger partial charge in [0.15, 0.2) is 0 Å². The summed E-state index contributed by atoms with van der Waals surface area (Å²) >= 11 is 0. The quantitative estimate of drug-likeness (QED) is 0.862. The Labute approximate surface area is 162 Å². The lowest BCUT2D eigenvalue weighted by Gasteiger charge is -2.35. The third kappa shape index (κ3) is 3.88. The van der Waals surface area contributed by atoms with Crippen molar-refractivity contribution in [2.24, 2.45) is 0 Å². The van der Waals surface area contributed by atoms with Crippen LogP contribution in [0.4, 0.5) is 20.8 Å². The molecule has 1 aromatic heterocycles. The number of urea groups is 1. The topological polar surface area (TPSA) is 81.7 Å². The fraction of sp³-hybridized carbons (Fsp3) is 0.368. The van der Waals surface area contributed by atoms with Gasteiger partial charge in [0.2, 0.25) is 11.9 Å². The summed E-state index contributed by atoms with van der Waals surface area (Å²) in [6.07, 6.45) is 3.64. The van der Waals surface area contributed by atoms with Crippen molar-refractivity contribution in [3.05, 3.63) is 48.5 Å². The van der Waals surface area contributed by atoms with Crippen molar-refractivity contribution in [2.75, 3.05) is 42.5 Å². The molecule has 0 aliphatic carbocycles. The number of hydrogen-bond acceptors (Lipinski definition) is 5. The molecule has 3 heterocycles. The van der Waals surface area contributed by atoms with Crippen LogP contribution in [-0.2, 0) is 4.79 Å². The normalized spacial score (nSPS) is 19.8. The van der Waals surface area contributed by atoms with E-state index in [4.69, 9.17) is 0 Å². The first-order valence-corrected chi connectivity index (χ1v) is 9.23. The summed E-state index contributed by atoms with van der Waals surface area (Å²) in [6.45, 7) is 2.82. The number of amides is 3. The van der Waals surface area contributed by atoms with Gasteiger partial charge in [-0.2, -0.15) is 0 Å². The molecule has 1 atom stereocenters. The Balaban J connectivity index is 1.30. The van der Waals surface area contributed by atoms with Crippen LogP contribution in [-0.4, -0.2) is 65.6 Å². The molecule has 0 bridgehead atoms. The van der Waals surface area contributed by atoms with Gasteiger partial charge >= 0.3 is 6.03 Å². The highest BCUT2D eigenvalue weighted by Gasteiger charge is 2.33. The van der Waals surface area contributed by atoms with Crippen molar-refractivity contribution in [3.8, 4) is 0 Å². The van der Waals surface area contributed by atoms with E-state index < -0.39 is 0 Å². The van der Waals surface area contributed by atoms with Crippen molar-refractivity contribution in [1.29, 1.82) is 0 Å². The van der Waals surface area contributed by atoms with Crippen LogP contribution in [0.2, 0.25) is 0 Å². The monoisotopic (exact) mass is 384 g/mol. The van der Waals surface area contributed by atoms with Gasteiger partial charge in [-0.1, -0.05) is 0 Å². The Kier molecular flexibility index (Phi) is 5.05. The number of halogens is 1. The first-order chi connectivity index (χ1) is 13.6. The molecule has 0 unspecified atom stereocenters. The first-order valence-electron chi connectivity index (χ1n) is 9.23. The SMILES string of the molecule is O=C(N[C@@H]1CC(=O)N(c2ccc(F)cc2)C1)N1CCN(c2ncccn2)CC1. The molecule has 2 saturated heterocycles. The standard InChI is InChI=1S/C19H21FN6O2/c20-14-2-4-16(5-3-14)26-13-15(12-17(26)27)23-19(28)25-10-8-24(9-11-25)18-21-6-1-7-22-18/h1-7,15H,8-13H2,(H,23,28)/t15-/m1/s1. The summed E-state index contributed by atoms with van der Waals surface area (Å²) in [5.41, 5.74) is 0.639. The van der Waals surface area contributed by atoms with Gasteiger partial charge < -0.3 is 20.0 Å². The maximum atomic E-state index is 13.1. The molecule has 2 aliphatic heterocycles. The summed E-state index contributed by atoms with van der Waals surface area (Å²) < 4.78 is 13.1. The number of nitrogens with one attached hydrogen (secondary N) is 1. The Hall–Kier alpha value is -3.23. The largest absolute Gasteiger partial charge is 0.337 e. The van der Waals surface area contributed by atoms with E-state index >= 15 is 0 Å². The van der Waals surface area contributed by atoms with E-state index in [0.717, 1.165) is 0 Å². The van der Waals surface area contributed by atoms with Gasteiger partial charge in [-0.15, -0.1) is 0 Å². The molecule has 2 fully saturated rings. The van der Waals surface area contributed by atoms with Crippen LogP contribution < -0.4 is 15.1 Å². The molecule has 0 radical (unpaired) electrons. The molecule has 9 heteroatoms. The van der Waals surface area contributed by atoms with E-state index in [1.54, 1.807) is 40.4 Å². The number of hydrogen-bond donors (Lipinski definition) is 1. The van der Waals surface area contributed by atoms with Gasteiger partial charge in [-0.25, -0.2) is 19.2 Å². The zero-order valence-corrected chi connectivity index (χ0v) is 15.3. The van der Waals surface area contributed by atoms with Gasteiger partial charge in [0.05, 0.1) is 6.04 Å². The number of carbonyl (C=O) groups is 2. The Bertz CT molecular complexity index is 839. The first kappa shape index (κ1) is 18.1. The van der Waals surface area contributed by atoms with E-state index in [0.29, 0.717) is 44.4 Å². The molecule has 3 amide bonds. The Morgan fingerprint density at radius 3 is 2.43 bits per heavy atom. The smallest absolute Gasteiger partial charge is 0.317 e. The van der Waals surface area contributed by atoms with Crippen LogP contribution >= 0.6 is 0 Å². The molecular formula is C19H21FN6O2. The van der Waals surface area contributed by atoms with Gasteiger partial charge in [0.25, 0.3) is 0 Å². The highest BCUT2D eigenvalue weighted by atomic mass is 19.1. The minimum atomic E-state index is -0.347. The Morgan fingerprint density at radius 1 is 1.07 bits per heavy atom. The minimum Gasteiger partial charge on any atom is -0.337 e. The molecule has 28 heavy (non-hydrogen) atoms. The molecule has 1 N–H and O–H groups in total. The van der Waals surface area contributed by atoms with Gasteiger partial charge in [-0.3, -0.25) is 4.79 Å². The molecule has 4 rings (SSSR count). The molecule has 146 valence electrons. The van der Waals surface area contributed by atoms with E-state index in [1.807, 2.05) is 4.90 Å². The van der Waals surface area contributed by atoms with E-state index in [2.05, 4.69) is 15.3 Å². The number of anilines is 2. The molecule has 2 aromatic rings. The van der Waals surface area contributed by atoms with E-state index in [1.165, 1.54) is 12.1 Å². The predicted octanol–water partition coefficient (Wildman–Crippen LogP) is 1.25. The van der Waals surface area contributed by atoms with Gasteiger partial charge in [0.1, 0.15) is 5.82 Å². The number of benzene rings is 1. The fourth-order valence-corrected chi connectivity index (χ4v) is 3.50. The second-order valence-corrected chi connectivity index (χ2v) is 6.85. The second-order valence-electron chi connectivity index (χ2n) is 6.85. The second kappa shape index (κ2) is 7.79. The summed E-state index contributed by atoms with van der Waals surface area (Å²) in [4.78, 5) is 38.7. The molecule has 0 saturated carbocycles. The van der Waals surface area contributed by atoms with Gasteiger partial charge in [0, 0.05) is 57.2 Å². The lowest BCUT2D eigenvalue weighted by Crippen LogP contribution is -2.54. The number of nitrogens with zero attached hydrogens (tertiary/aromatic N) is 5. The summed E-state index contributed by atoms with van der Waals surface area (Å²) in [7, 11) is 0. The van der Waals surface area contributed by atoms with E-state index in [9.17, 15) is 14.0 Å². The third-order valence-corrected chi connectivity index (χ3v) is 4.99. The van der Waals surface area contributed by atoms with Crippen molar-refractivity contribution in [2.45, 2.75) is 12.5 Å². The average molecular weight is 384 g/mol. The molecular weight excluding hydrogens is 363 g/mol. The number of carbonyl (C=O) groups excluding carboxylic acids is 2. The zero-order chi connectivity index (χ0) is 19.5. The summed E-state index contributed by atoms with van der Waals surface area (Å²) in [5.74, 6) is 0.238. The predicted molar refractivity (Wildman–Crippen MR) is 102 cm³/mol. The third-order valence-electron chi connectivity index (χ3n) is 4.99. The van der Waals surface area contributed by atoms with Crippen molar-refractivity contribution in [1.82, 2.24) is 20.2 Å². The van der Waals surface area contributed by atoms with Crippen molar-refractivity contribution < 1.29 is 14.0 Å². The molecule has 2 aliphatic rings. The van der Waals surface area contributed by atoms with Crippen molar-refractivity contribution >= 4 is 23.6 Å². The maximum Gasteiger partial charge on any atom is 0.317 e. The van der Waals surface area contributed by atoms with Crippen LogP contribution in [0.15, 0.2) is 42.7 Å². The average Bonchev–Trinajstić information content (AvgIpc) is 3.09. The molecule has 0 spiro atoms. The highest BCUT2D eigenvalue weighted by Crippen LogP contribution is 2.22. The minimum absolute atomic E-state index is 0.0806. The maximum absolute atomic E-state index is 13.1. The zero-order valence-electron chi connectivity index (χ0n) is 15.3. The molecule has 1 aromatic carbocycles. The number of rotatable bonds is 3. The number of piperazine rings is 1. The van der Waals surface area contributed by atoms with Crippen LogP contribution in [0.5, 0.6) is 0 Å². The highest BCUT2D eigenvalue weighted by molar-refractivity contribution is 5.96. The lowest BCUT2D eigenvalue weighted by atomic mass is 10.2. The van der Waals surface area contributed by atoms with Crippen molar-refractivity contribution in [3.63, 3.8) is 0 Å². The van der Waals surface area contributed by atoms with Gasteiger partial charge in [-0.05, 0) is 30.3 Å². The van der Waals surface area contributed by atoms with Crippen LogP contribution in [0.1, 0.15) is 6.42 Å². The van der Waals surface area contributed by atoms with E-state index in [-0.39, 0.29) is 30.2 Å². The Morgan fingerprint density at radius 2 is 1.75 bits per heavy atom. The van der Waals surface area contributed by atoms with Crippen LogP contribution in [0.3, 0.4) is 0 Å². The summed E-state index contributed by atoms with van der Waals surface area (Å²) in [5, 5.41) is 2.95. The molecule has 8 nitrogen and oxygen atoms in total.